The van der Waals surface area contributed by atoms with E-state index in [4.69, 9.17) is 9.84 Å². The van der Waals surface area contributed by atoms with Crippen LogP contribution < -0.4 is 5.32 Å². The lowest BCUT2D eigenvalue weighted by molar-refractivity contribution is -0.162. The Morgan fingerprint density at radius 1 is 1.36 bits per heavy atom. The molecule has 5 nitrogen and oxygen atoms in total. The molecule has 1 fully saturated rings. The number of carboxylic acid groups (broad SMARTS) is 1. The highest BCUT2D eigenvalue weighted by Gasteiger charge is 2.40. The molecule has 0 spiro atoms. The normalized spacial score (nSPS) is 26.5. The van der Waals surface area contributed by atoms with Crippen LogP contribution in [0.25, 0.3) is 0 Å². The van der Waals surface area contributed by atoms with Crippen molar-refractivity contribution in [1.29, 1.82) is 0 Å². The number of aliphatic carboxylic acids is 1. The predicted molar refractivity (Wildman–Crippen MR) is 48.8 cm³/mol. The number of nitrogens with one attached hydrogen (secondary N) is 1. The summed E-state index contributed by atoms with van der Waals surface area (Å²) >= 11 is 0. The molecule has 0 aromatic carbocycles. The Hall–Kier alpha value is -1.10. The number of hydrogen-bond acceptors (Lipinski definition) is 4. The van der Waals surface area contributed by atoms with E-state index in [1.165, 1.54) is 0 Å². The maximum atomic E-state index is 11.3. The van der Waals surface area contributed by atoms with Crippen LogP contribution in [-0.4, -0.2) is 34.7 Å². The summed E-state index contributed by atoms with van der Waals surface area (Å²) in [4.78, 5) is 21.8. The van der Waals surface area contributed by atoms with E-state index >= 15 is 0 Å². The number of rotatable bonds is 2. The molecule has 2 N–H and O–H groups in total. The summed E-state index contributed by atoms with van der Waals surface area (Å²) < 4.78 is 5.08. The van der Waals surface area contributed by atoms with Gasteiger partial charge >= 0.3 is 11.9 Å². The van der Waals surface area contributed by atoms with E-state index in [0.717, 1.165) is 0 Å². The molecule has 1 saturated heterocycles. The number of esters is 1. The molecule has 0 aromatic heterocycles. The van der Waals surface area contributed by atoms with E-state index in [-0.39, 0.29) is 5.97 Å². The zero-order valence-electron chi connectivity index (χ0n) is 8.53. The van der Waals surface area contributed by atoms with E-state index in [2.05, 4.69) is 5.32 Å². The zero-order valence-corrected chi connectivity index (χ0v) is 8.53. The molecule has 0 aromatic rings. The Morgan fingerprint density at radius 3 is 2.21 bits per heavy atom. The summed E-state index contributed by atoms with van der Waals surface area (Å²) in [6, 6.07) is -1.07. The molecule has 0 saturated carbocycles. The van der Waals surface area contributed by atoms with E-state index in [9.17, 15) is 9.59 Å². The van der Waals surface area contributed by atoms with Gasteiger partial charge in [0, 0.05) is 0 Å². The van der Waals surface area contributed by atoms with Gasteiger partial charge in [-0.1, -0.05) is 0 Å². The smallest absolute Gasteiger partial charge is 0.323 e. The number of carbonyl (C=O) groups excluding carboxylic acids is 1. The maximum absolute atomic E-state index is 11.3. The first-order valence-corrected chi connectivity index (χ1v) is 4.51. The SMILES string of the molecule is CC(C)(C)OC(=O)[C@H]1C[C@H](C(=O)O)N1. The quantitative estimate of drug-likeness (QED) is 0.622. The van der Waals surface area contributed by atoms with Crippen molar-refractivity contribution in [3.05, 3.63) is 0 Å². The monoisotopic (exact) mass is 201 g/mol. The lowest BCUT2D eigenvalue weighted by Crippen LogP contribution is -2.60. The first-order chi connectivity index (χ1) is 6.29. The molecule has 0 radical (unpaired) electrons. The third-order valence-corrected chi connectivity index (χ3v) is 1.86. The standard InChI is InChI=1S/C9H15NO4/c1-9(2,3)14-8(13)6-4-5(10-6)7(11)12/h5-6,10H,4H2,1-3H3,(H,11,12)/t5-,6-/m1/s1. The molecule has 1 aliphatic rings. The molecule has 14 heavy (non-hydrogen) atoms. The highest BCUT2D eigenvalue weighted by atomic mass is 16.6. The summed E-state index contributed by atoms with van der Waals surface area (Å²) in [5, 5.41) is 11.2. The summed E-state index contributed by atoms with van der Waals surface area (Å²) in [7, 11) is 0. The van der Waals surface area contributed by atoms with Crippen LogP contribution in [0, 0.1) is 0 Å². The summed E-state index contributed by atoms with van der Waals surface area (Å²) in [5.41, 5.74) is -0.521. The molecule has 1 heterocycles. The molecule has 0 amide bonds. The van der Waals surface area contributed by atoms with Crippen LogP contribution in [0.4, 0.5) is 0 Å². The van der Waals surface area contributed by atoms with Crippen molar-refractivity contribution < 1.29 is 19.4 Å². The largest absolute Gasteiger partial charge is 0.480 e. The molecule has 2 atom stereocenters. The topological polar surface area (TPSA) is 75.6 Å². The second-order valence-electron chi connectivity index (χ2n) is 4.38. The molecular weight excluding hydrogens is 186 g/mol. The van der Waals surface area contributed by atoms with E-state index in [1.54, 1.807) is 20.8 Å². The lowest BCUT2D eigenvalue weighted by atomic mass is 9.97. The first kappa shape index (κ1) is 11.0. The van der Waals surface area contributed by atoms with Gasteiger partial charge in [-0.25, -0.2) is 0 Å². The Labute approximate surface area is 82.4 Å². The van der Waals surface area contributed by atoms with Crippen LogP contribution in [-0.2, 0) is 14.3 Å². The van der Waals surface area contributed by atoms with Crippen molar-refractivity contribution in [2.24, 2.45) is 0 Å². The van der Waals surface area contributed by atoms with Crippen molar-refractivity contribution in [2.75, 3.05) is 0 Å². The van der Waals surface area contributed by atoms with E-state index in [0.29, 0.717) is 6.42 Å². The molecular formula is C9H15NO4. The fraction of sp³-hybridized carbons (Fsp3) is 0.778. The van der Waals surface area contributed by atoms with Gasteiger partial charge in [-0.15, -0.1) is 0 Å². The molecule has 1 rings (SSSR count). The molecule has 80 valence electrons. The van der Waals surface area contributed by atoms with Crippen molar-refractivity contribution in [2.45, 2.75) is 44.9 Å². The number of carboxylic acids is 1. The van der Waals surface area contributed by atoms with Crippen LogP contribution in [0.1, 0.15) is 27.2 Å². The van der Waals surface area contributed by atoms with Gasteiger partial charge in [0.2, 0.25) is 0 Å². The van der Waals surface area contributed by atoms with Gasteiger partial charge in [-0.3, -0.25) is 14.9 Å². The Bertz CT molecular complexity index is 250. The van der Waals surface area contributed by atoms with Gasteiger partial charge in [0.25, 0.3) is 0 Å². The fourth-order valence-corrected chi connectivity index (χ4v) is 1.16. The minimum Gasteiger partial charge on any atom is -0.480 e. The maximum Gasteiger partial charge on any atom is 0.323 e. The highest BCUT2D eigenvalue weighted by Crippen LogP contribution is 2.17. The second-order valence-corrected chi connectivity index (χ2v) is 4.38. The van der Waals surface area contributed by atoms with Gasteiger partial charge in [0.15, 0.2) is 0 Å². The third-order valence-electron chi connectivity index (χ3n) is 1.86. The van der Waals surface area contributed by atoms with Gasteiger partial charge in [0.1, 0.15) is 17.7 Å². The average molecular weight is 201 g/mol. The van der Waals surface area contributed by atoms with Crippen molar-refractivity contribution in [3.63, 3.8) is 0 Å². The average Bonchev–Trinajstić information content (AvgIpc) is 1.75. The van der Waals surface area contributed by atoms with Gasteiger partial charge < -0.3 is 9.84 Å². The van der Waals surface area contributed by atoms with Crippen LogP contribution in [0.5, 0.6) is 0 Å². The van der Waals surface area contributed by atoms with Crippen LogP contribution >= 0.6 is 0 Å². The number of carbonyl (C=O) groups is 2. The molecule has 5 heteroatoms. The van der Waals surface area contributed by atoms with Gasteiger partial charge in [-0.2, -0.15) is 0 Å². The molecule has 1 aliphatic heterocycles. The van der Waals surface area contributed by atoms with Gasteiger partial charge in [-0.05, 0) is 27.2 Å². The number of hydrogen-bond donors (Lipinski definition) is 2. The van der Waals surface area contributed by atoms with Crippen LogP contribution in [0.15, 0.2) is 0 Å². The lowest BCUT2D eigenvalue weighted by Gasteiger charge is -2.34. The highest BCUT2D eigenvalue weighted by molar-refractivity contribution is 5.83. The zero-order chi connectivity index (χ0) is 10.9. The Kier molecular flexibility index (Phi) is 2.80. The Morgan fingerprint density at radius 2 is 1.86 bits per heavy atom. The van der Waals surface area contributed by atoms with Crippen molar-refractivity contribution in [3.8, 4) is 0 Å². The van der Waals surface area contributed by atoms with Crippen LogP contribution in [0.2, 0.25) is 0 Å². The van der Waals surface area contributed by atoms with Crippen molar-refractivity contribution >= 4 is 11.9 Å². The first-order valence-electron chi connectivity index (χ1n) is 4.51. The summed E-state index contributed by atoms with van der Waals surface area (Å²) in [5.74, 6) is -1.31. The minimum absolute atomic E-state index is 0.310. The Balaban J connectivity index is 2.34. The van der Waals surface area contributed by atoms with Crippen molar-refractivity contribution in [1.82, 2.24) is 5.32 Å². The molecule has 0 unspecified atom stereocenters. The molecule has 0 bridgehead atoms. The number of ether oxygens (including phenoxy) is 1. The van der Waals surface area contributed by atoms with Gasteiger partial charge in [0.05, 0.1) is 0 Å². The summed E-state index contributed by atoms with van der Waals surface area (Å²) in [6.45, 7) is 5.33. The van der Waals surface area contributed by atoms with E-state index < -0.39 is 23.7 Å². The second kappa shape index (κ2) is 3.57. The minimum atomic E-state index is -0.926. The predicted octanol–water partition coefficient (Wildman–Crippen LogP) is 0.143. The van der Waals surface area contributed by atoms with Crippen LogP contribution in [0.3, 0.4) is 0 Å². The van der Waals surface area contributed by atoms with E-state index in [1.807, 2.05) is 0 Å². The summed E-state index contributed by atoms with van der Waals surface area (Å²) in [6.07, 6.45) is 0.310. The fourth-order valence-electron chi connectivity index (χ4n) is 1.16. The molecule has 0 aliphatic carbocycles. The third kappa shape index (κ3) is 2.70.